The molecule has 15 N–H and O–H groups in total. The first-order valence-corrected chi connectivity index (χ1v) is 35.7. The molecule has 0 aromatic heterocycles. The Kier molecular flexibility index (Phi) is 24.5. The number of methoxy groups -OCH3 is 1. The van der Waals surface area contributed by atoms with Gasteiger partial charge in [0.2, 0.25) is 0 Å². The maximum atomic E-state index is 15.1. The molecular weight excluding hydrogens is 1370 g/mol. The minimum atomic E-state index is -2.07. The maximum Gasteiger partial charge on any atom is 0.314 e. The number of cyclic esters (lactones) is 1. The van der Waals surface area contributed by atoms with E-state index in [0.29, 0.717) is 44.9 Å². The van der Waals surface area contributed by atoms with E-state index in [2.05, 4.69) is 40.3 Å². The Balaban J connectivity index is 0.847. The molecule has 103 heavy (non-hydrogen) atoms. The number of aliphatic hydroxyl groups excluding tert-OH is 15. The van der Waals surface area contributed by atoms with Crippen LogP contribution in [0.3, 0.4) is 0 Å². The molecule has 34 heteroatoms. The number of allylic oxidation sites excluding steroid dienone is 3. The quantitative estimate of drug-likeness (QED) is 0.0212. The van der Waals surface area contributed by atoms with E-state index in [1.165, 1.54) is 27.9 Å². The van der Waals surface area contributed by atoms with Crippen molar-refractivity contribution in [1.29, 1.82) is 0 Å². The van der Waals surface area contributed by atoms with Gasteiger partial charge in [-0.2, -0.15) is 0 Å². The van der Waals surface area contributed by atoms with Gasteiger partial charge in [0.05, 0.1) is 56.6 Å². The molecule has 4 aliphatic carbocycles. The summed E-state index contributed by atoms with van der Waals surface area (Å²) in [5.74, 6) is -2.56. The van der Waals surface area contributed by atoms with Crippen LogP contribution in [0.4, 0.5) is 0 Å². The van der Waals surface area contributed by atoms with E-state index in [1.807, 2.05) is 6.92 Å². The van der Waals surface area contributed by atoms with Gasteiger partial charge in [-0.05, 0) is 100 Å². The Morgan fingerprint density at radius 2 is 1.14 bits per heavy atom. The standard InChI is InChI=1S/C69H108O34/c1-26(2)12-15-40(93-29(5)74)68(10)57-33(92-28(4)73)20-67(9)31-13-14-38-65(6,7)39(17-18-66(38,8)30(31)16-19-69(57,67)64(87)103-68)98-63-56(44(79)37(25-90-63)97-61-51(86)55(43(78)36(23-72)95-61)101-62-50(85)54(88-11)42(77)35(22-71)96-62)102-59-48(83)46(81)52(27(3)91-59)99-58-49(84)53(32(75)24-89-58)100-60-47(82)45(80)41(76)34(21-70)94-60/h16,27,31-63,70-72,75-86H,1,12-15,17-25H2,2-11H3/t27-,31-,32-,33+,34-,35-,36-,37-,38+,39+,40-,41-,42-,43-,44+,45+,46-,47-,48-,49-,50-,51-,52-,53+,54+,55+,56-,57-,58+,59+,60+,61+,62+,63+,66-,67+,68+,69?/m1/s1. The fourth-order valence-electron chi connectivity index (χ4n) is 19.4. The Hall–Kier alpha value is -3.23. The fraction of sp³-hybridized carbons (Fsp3) is 0.899. The smallest absolute Gasteiger partial charge is 0.314 e. The molecule has 7 aliphatic heterocycles. The summed E-state index contributed by atoms with van der Waals surface area (Å²) in [7, 11) is 1.18. The summed E-state index contributed by atoms with van der Waals surface area (Å²) in [5.41, 5.74) is -2.68. The summed E-state index contributed by atoms with van der Waals surface area (Å²) in [6.07, 6.45) is -45.0. The van der Waals surface area contributed by atoms with Gasteiger partial charge < -0.3 is 152 Å². The van der Waals surface area contributed by atoms with Crippen LogP contribution in [-0.4, -0.2) is 331 Å². The third-order valence-corrected chi connectivity index (χ3v) is 24.7. The van der Waals surface area contributed by atoms with E-state index in [-0.39, 0.29) is 18.3 Å². The van der Waals surface area contributed by atoms with Gasteiger partial charge in [-0.15, -0.1) is 6.58 Å². The van der Waals surface area contributed by atoms with Gasteiger partial charge in [0, 0.05) is 21.0 Å². The number of fused-ring (bicyclic) bond motifs is 4. The summed E-state index contributed by atoms with van der Waals surface area (Å²) in [6, 6.07) is 0. The highest BCUT2D eigenvalue weighted by Gasteiger charge is 2.81. The minimum Gasteiger partial charge on any atom is -0.462 e. The lowest BCUT2D eigenvalue weighted by molar-refractivity contribution is -0.394. The minimum absolute atomic E-state index is 0.128. The Bertz CT molecular complexity index is 3000. The zero-order chi connectivity index (χ0) is 75.2. The molecule has 7 heterocycles. The second-order valence-corrected chi connectivity index (χ2v) is 31.4. The van der Waals surface area contributed by atoms with E-state index in [0.717, 1.165) is 11.1 Å². The molecule has 11 rings (SSSR count). The van der Waals surface area contributed by atoms with Gasteiger partial charge in [0.15, 0.2) is 43.3 Å². The molecule has 7 saturated heterocycles. The van der Waals surface area contributed by atoms with Crippen molar-refractivity contribution in [2.24, 2.45) is 39.4 Å². The van der Waals surface area contributed by atoms with Crippen LogP contribution in [0.5, 0.6) is 0 Å². The fourth-order valence-corrected chi connectivity index (χ4v) is 19.4. The lowest BCUT2D eigenvalue weighted by atomic mass is 9.41. The molecule has 38 atom stereocenters. The molecule has 3 saturated carbocycles. The number of carbonyl (C=O) groups excluding carboxylic acids is 3. The molecule has 11 aliphatic rings. The molecule has 10 fully saturated rings. The highest BCUT2D eigenvalue weighted by Crippen LogP contribution is 2.77. The zero-order valence-corrected chi connectivity index (χ0v) is 59.6. The summed E-state index contributed by atoms with van der Waals surface area (Å²) < 4.78 is 96.8. The number of ether oxygens (including phenoxy) is 16. The Labute approximate surface area is 595 Å². The van der Waals surface area contributed by atoms with Gasteiger partial charge >= 0.3 is 17.9 Å². The van der Waals surface area contributed by atoms with Crippen LogP contribution < -0.4 is 0 Å². The number of rotatable bonds is 22. The third-order valence-electron chi connectivity index (χ3n) is 24.7. The number of carbonyl (C=O) groups is 3. The summed E-state index contributed by atoms with van der Waals surface area (Å²) >= 11 is 0. The molecule has 588 valence electrons. The first-order valence-electron chi connectivity index (χ1n) is 35.7. The van der Waals surface area contributed by atoms with Crippen LogP contribution >= 0.6 is 0 Å². The maximum absolute atomic E-state index is 15.1. The van der Waals surface area contributed by atoms with E-state index in [4.69, 9.17) is 75.8 Å². The average Bonchev–Trinajstić information content (AvgIpc) is 1.50. The highest BCUT2D eigenvalue weighted by atomic mass is 16.8. The van der Waals surface area contributed by atoms with Crippen molar-refractivity contribution >= 4 is 17.9 Å². The van der Waals surface area contributed by atoms with Gasteiger partial charge in [0.25, 0.3) is 0 Å². The average molecular weight is 1480 g/mol. The molecular formula is C69H108O34. The van der Waals surface area contributed by atoms with Crippen LogP contribution in [0, 0.1) is 39.4 Å². The van der Waals surface area contributed by atoms with Crippen molar-refractivity contribution in [2.45, 2.75) is 310 Å². The summed E-state index contributed by atoms with van der Waals surface area (Å²) in [6.45, 7) is 16.6. The monoisotopic (exact) mass is 1480 g/mol. The van der Waals surface area contributed by atoms with Crippen molar-refractivity contribution in [2.75, 3.05) is 40.1 Å². The Morgan fingerprint density at radius 3 is 1.76 bits per heavy atom. The van der Waals surface area contributed by atoms with Crippen LogP contribution in [-0.2, 0) is 90.2 Å². The van der Waals surface area contributed by atoms with E-state index in [1.54, 1.807) is 6.92 Å². The first-order chi connectivity index (χ1) is 48.5. The number of aliphatic hydroxyl groups is 15. The predicted molar refractivity (Wildman–Crippen MR) is 342 cm³/mol. The summed E-state index contributed by atoms with van der Waals surface area (Å²) in [4.78, 5) is 41.0. The highest BCUT2D eigenvalue weighted by molar-refractivity contribution is 5.84. The first kappa shape index (κ1) is 80.8. The van der Waals surface area contributed by atoms with Gasteiger partial charge in [0.1, 0.15) is 140 Å². The molecule has 0 radical (unpaired) electrons. The van der Waals surface area contributed by atoms with E-state index >= 15 is 4.79 Å². The van der Waals surface area contributed by atoms with Crippen molar-refractivity contribution in [3.05, 3.63) is 23.8 Å². The zero-order valence-electron chi connectivity index (χ0n) is 59.6. The lowest BCUT2D eigenvalue weighted by Gasteiger charge is -2.63. The topological polar surface area (TPSA) is 502 Å². The molecule has 1 unspecified atom stereocenters. The number of esters is 3. The van der Waals surface area contributed by atoms with Crippen molar-refractivity contribution in [3.63, 3.8) is 0 Å². The van der Waals surface area contributed by atoms with Gasteiger partial charge in [-0.3, -0.25) is 14.4 Å². The van der Waals surface area contributed by atoms with Crippen molar-refractivity contribution in [1.82, 2.24) is 0 Å². The van der Waals surface area contributed by atoms with Crippen molar-refractivity contribution < 1.29 is 167 Å². The van der Waals surface area contributed by atoms with E-state index in [9.17, 15) is 86.2 Å². The largest absolute Gasteiger partial charge is 0.462 e. The predicted octanol–water partition coefficient (Wildman–Crippen LogP) is -4.02. The van der Waals surface area contributed by atoms with Crippen LogP contribution in [0.2, 0.25) is 0 Å². The van der Waals surface area contributed by atoms with Crippen LogP contribution in [0.25, 0.3) is 0 Å². The molecule has 0 bridgehead atoms. The Morgan fingerprint density at radius 1 is 0.583 bits per heavy atom. The second-order valence-electron chi connectivity index (χ2n) is 31.4. The second kappa shape index (κ2) is 31.3. The molecule has 0 aromatic rings. The van der Waals surface area contributed by atoms with Crippen molar-refractivity contribution in [3.8, 4) is 0 Å². The van der Waals surface area contributed by atoms with Crippen LogP contribution in [0.1, 0.15) is 114 Å². The summed E-state index contributed by atoms with van der Waals surface area (Å²) in [5, 5.41) is 166. The number of hydrogen-bond donors (Lipinski definition) is 15. The van der Waals surface area contributed by atoms with Gasteiger partial charge in [-0.1, -0.05) is 44.9 Å². The normalized spacial score (nSPS) is 50.7. The SMILES string of the molecule is C=C(C)CC[C@@H](OC(C)=O)[C@]1(C)OC(=O)C23CC=C4[C@@H](CC[C@H]5C(C)(C)[C@@H](O[C@@H]6OC[C@@H](O[C@@H]7O[C@H](CO)[C@@H](O)[C@H](O[C@@H]8O[C@H](CO)[C@@H](O)[C@H](OC)[C@H]8O)[C@H]7O)[C@H](O)[C@H]6O[C@@H]6O[C@H](C)[C@@H](O[C@@H]7OC[C@@H](O)[C@H](O[C@@H]8O[C@H](CO)[C@@H](O)[C@H](O)[C@H]8O)[C@H]7O)[C@H](O)[C@H]6O)CC[C@]45C)[C@]2(C)C[C@H](OC(C)=O)[C@@H]31. The van der Waals surface area contributed by atoms with Crippen LogP contribution in [0.15, 0.2) is 23.8 Å². The van der Waals surface area contributed by atoms with Gasteiger partial charge in [-0.25, -0.2) is 0 Å². The molecule has 0 aromatic carbocycles. The molecule has 34 nitrogen and oxygen atoms in total. The lowest BCUT2D eigenvalue weighted by Crippen LogP contribution is -2.67. The third kappa shape index (κ3) is 14.4. The molecule has 1 spiro atoms. The molecule has 0 amide bonds. The number of hydrogen-bond acceptors (Lipinski definition) is 34. The van der Waals surface area contributed by atoms with E-state index < -0.39 is 274 Å².